The predicted molar refractivity (Wildman–Crippen MR) is 85.2 cm³/mol. The van der Waals surface area contributed by atoms with Gasteiger partial charge in [-0.15, -0.1) is 0 Å². The summed E-state index contributed by atoms with van der Waals surface area (Å²) in [5.74, 6) is 0.319. The number of aliphatic hydroxyl groups is 1. The Bertz CT molecular complexity index is 631. The molecule has 0 bridgehead atoms. The van der Waals surface area contributed by atoms with Gasteiger partial charge in [0.15, 0.2) is 17.3 Å². The van der Waals surface area contributed by atoms with E-state index < -0.39 is 0 Å². The first kappa shape index (κ1) is 16.9. The van der Waals surface area contributed by atoms with Gasteiger partial charge in [0.05, 0.1) is 6.10 Å². The normalized spacial score (nSPS) is 15.4. The Labute approximate surface area is 130 Å². The van der Waals surface area contributed by atoms with Crippen LogP contribution in [-0.4, -0.2) is 16.2 Å². The highest BCUT2D eigenvalue weighted by Crippen LogP contribution is 2.28. The number of benzene rings is 1. The van der Waals surface area contributed by atoms with Gasteiger partial charge in [-0.05, 0) is 37.0 Å². The minimum atomic E-state index is -0.388. The molecule has 5 heteroatoms. The lowest BCUT2D eigenvalue weighted by molar-refractivity contribution is 0.183. The molecule has 4 nitrogen and oxygen atoms in total. The Balaban J connectivity index is 0.000000246. The second-order valence-corrected chi connectivity index (χ2v) is 6.17. The molecule has 0 radical (unpaired) electrons. The van der Waals surface area contributed by atoms with Crippen LogP contribution in [0.4, 0.5) is 4.39 Å². The largest absolute Gasteiger partial charge is 0.437 e. The summed E-state index contributed by atoms with van der Waals surface area (Å²) in [6, 6.07) is 1.42. The monoisotopic (exact) mass is 308 g/mol. The molecule has 3 rings (SSSR count). The summed E-state index contributed by atoms with van der Waals surface area (Å²) in [4.78, 5) is 4.32. The standard InChI is InChI=1S/C12H15FN2O.C5H10O/c1-6(2)12-15-10-7(3)8(5-14)4-9(13)11(10)16-12;6-5-3-1-2-4-5/h4,6H,5,14H2,1-3H3;5-6H,1-4H2. The van der Waals surface area contributed by atoms with Gasteiger partial charge in [0.2, 0.25) is 0 Å². The second kappa shape index (κ2) is 7.20. The molecule has 0 saturated heterocycles. The van der Waals surface area contributed by atoms with Gasteiger partial charge in [-0.2, -0.15) is 0 Å². The van der Waals surface area contributed by atoms with Crippen molar-refractivity contribution in [1.29, 1.82) is 0 Å². The third kappa shape index (κ3) is 3.65. The molecule has 2 aromatic rings. The molecule has 0 spiro atoms. The van der Waals surface area contributed by atoms with E-state index in [1.54, 1.807) is 0 Å². The number of aliphatic hydroxyl groups excluding tert-OH is 1. The molecule has 1 fully saturated rings. The number of hydrogen-bond acceptors (Lipinski definition) is 4. The van der Waals surface area contributed by atoms with Crippen molar-refractivity contribution < 1.29 is 13.9 Å². The quantitative estimate of drug-likeness (QED) is 0.885. The molecule has 1 aliphatic carbocycles. The van der Waals surface area contributed by atoms with Crippen molar-refractivity contribution in [1.82, 2.24) is 4.98 Å². The molecule has 1 aromatic carbocycles. The van der Waals surface area contributed by atoms with E-state index >= 15 is 0 Å². The molecule has 1 saturated carbocycles. The van der Waals surface area contributed by atoms with Gasteiger partial charge in [-0.3, -0.25) is 0 Å². The molecule has 0 aliphatic heterocycles. The van der Waals surface area contributed by atoms with E-state index in [1.807, 2.05) is 20.8 Å². The lowest BCUT2D eigenvalue weighted by Gasteiger charge is -2.02. The lowest BCUT2D eigenvalue weighted by atomic mass is 10.1. The first-order valence-electron chi connectivity index (χ1n) is 7.90. The van der Waals surface area contributed by atoms with Crippen molar-refractivity contribution in [3.8, 4) is 0 Å². The van der Waals surface area contributed by atoms with Crippen molar-refractivity contribution in [2.24, 2.45) is 5.73 Å². The van der Waals surface area contributed by atoms with Crippen molar-refractivity contribution in [2.45, 2.75) is 65.0 Å². The minimum Gasteiger partial charge on any atom is -0.437 e. The summed E-state index contributed by atoms with van der Waals surface area (Å²) in [7, 11) is 0. The van der Waals surface area contributed by atoms with Gasteiger partial charge in [0.1, 0.15) is 5.52 Å². The minimum absolute atomic E-state index is 0.0463. The maximum absolute atomic E-state index is 13.7. The number of oxazole rings is 1. The Morgan fingerprint density at radius 1 is 1.41 bits per heavy atom. The molecule has 3 N–H and O–H groups in total. The third-order valence-electron chi connectivity index (χ3n) is 4.04. The Hall–Kier alpha value is -1.46. The van der Waals surface area contributed by atoms with Crippen LogP contribution in [0, 0.1) is 12.7 Å². The summed E-state index contributed by atoms with van der Waals surface area (Å²) in [6.45, 7) is 6.11. The van der Waals surface area contributed by atoms with Crippen molar-refractivity contribution in [2.75, 3.05) is 0 Å². The average molecular weight is 308 g/mol. The summed E-state index contributed by atoms with van der Waals surface area (Å²) in [6.07, 6.45) is 4.60. The molecule has 1 heterocycles. The molecule has 0 amide bonds. The summed E-state index contributed by atoms with van der Waals surface area (Å²) >= 11 is 0. The van der Waals surface area contributed by atoms with E-state index in [4.69, 9.17) is 15.3 Å². The van der Waals surface area contributed by atoms with Crippen LogP contribution in [0.15, 0.2) is 10.5 Å². The zero-order valence-electron chi connectivity index (χ0n) is 13.5. The van der Waals surface area contributed by atoms with Crippen LogP contribution in [-0.2, 0) is 6.54 Å². The molecule has 22 heavy (non-hydrogen) atoms. The Morgan fingerprint density at radius 3 is 2.50 bits per heavy atom. The van der Waals surface area contributed by atoms with Crippen LogP contribution >= 0.6 is 0 Å². The molecular formula is C17H25FN2O2. The highest BCUT2D eigenvalue weighted by molar-refractivity contribution is 5.78. The molecular weight excluding hydrogens is 283 g/mol. The Kier molecular flexibility index (Phi) is 5.53. The molecule has 1 aromatic heterocycles. The molecule has 122 valence electrons. The fourth-order valence-corrected chi connectivity index (χ4v) is 2.59. The Morgan fingerprint density at radius 2 is 2.05 bits per heavy atom. The number of nitrogens with two attached hydrogens (primary N) is 1. The third-order valence-corrected chi connectivity index (χ3v) is 4.04. The van der Waals surface area contributed by atoms with Crippen LogP contribution in [0.2, 0.25) is 0 Å². The molecule has 1 aliphatic rings. The van der Waals surface area contributed by atoms with Crippen molar-refractivity contribution in [3.05, 3.63) is 28.9 Å². The van der Waals surface area contributed by atoms with Gasteiger partial charge in [-0.25, -0.2) is 9.37 Å². The van der Waals surface area contributed by atoms with Gasteiger partial charge in [0.25, 0.3) is 0 Å². The van der Waals surface area contributed by atoms with Gasteiger partial charge in [0, 0.05) is 12.5 Å². The highest BCUT2D eigenvalue weighted by atomic mass is 19.1. The molecule has 0 atom stereocenters. The maximum atomic E-state index is 13.7. The second-order valence-electron chi connectivity index (χ2n) is 6.17. The van der Waals surface area contributed by atoms with E-state index in [0.29, 0.717) is 18.0 Å². The fourth-order valence-electron chi connectivity index (χ4n) is 2.59. The number of fused-ring (bicyclic) bond motifs is 1. The van der Waals surface area contributed by atoms with Gasteiger partial charge in [-0.1, -0.05) is 26.7 Å². The summed E-state index contributed by atoms with van der Waals surface area (Å²) in [5.41, 5.74) is 8.04. The van der Waals surface area contributed by atoms with Gasteiger partial charge >= 0.3 is 0 Å². The van der Waals surface area contributed by atoms with E-state index in [-0.39, 0.29) is 23.4 Å². The van der Waals surface area contributed by atoms with Crippen LogP contribution < -0.4 is 5.73 Å². The van der Waals surface area contributed by atoms with Crippen molar-refractivity contribution in [3.63, 3.8) is 0 Å². The number of aryl methyl sites for hydroxylation is 1. The summed E-state index contributed by atoms with van der Waals surface area (Å²) in [5, 5.41) is 8.73. The van der Waals surface area contributed by atoms with Crippen LogP contribution in [0.3, 0.4) is 0 Å². The zero-order chi connectivity index (χ0) is 16.3. The number of nitrogens with zero attached hydrogens (tertiary/aromatic N) is 1. The van der Waals surface area contributed by atoms with E-state index in [0.717, 1.165) is 24.0 Å². The van der Waals surface area contributed by atoms with E-state index in [2.05, 4.69) is 4.98 Å². The topological polar surface area (TPSA) is 72.3 Å². The SMILES string of the molecule is Cc1c(CN)cc(F)c2oc(C(C)C)nc12.OC1CCCC1. The smallest absolute Gasteiger partial charge is 0.198 e. The lowest BCUT2D eigenvalue weighted by Crippen LogP contribution is -2.00. The van der Waals surface area contributed by atoms with Crippen LogP contribution in [0.1, 0.15) is 62.5 Å². The summed E-state index contributed by atoms with van der Waals surface area (Å²) < 4.78 is 19.1. The van der Waals surface area contributed by atoms with Crippen LogP contribution in [0.25, 0.3) is 11.1 Å². The molecule has 0 unspecified atom stereocenters. The number of rotatable bonds is 2. The fraction of sp³-hybridized carbons (Fsp3) is 0.588. The van der Waals surface area contributed by atoms with Crippen molar-refractivity contribution >= 4 is 11.1 Å². The predicted octanol–water partition coefficient (Wildman–Crippen LogP) is 3.78. The number of halogens is 1. The van der Waals surface area contributed by atoms with Crippen LogP contribution in [0.5, 0.6) is 0 Å². The number of hydrogen-bond donors (Lipinski definition) is 2. The van der Waals surface area contributed by atoms with Gasteiger partial charge < -0.3 is 15.3 Å². The van der Waals surface area contributed by atoms with E-state index in [1.165, 1.54) is 18.9 Å². The van der Waals surface area contributed by atoms with E-state index in [9.17, 15) is 4.39 Å². The first-order chi connectivity index (χ1) is 10.4. The number of aromatic nitrogens is 1. The highest BCUT2D eigenvalue weighted by Gasteiger charge is 2.16. The zero-order valence-corrected chi connectivity index (χ0v) is 13.5. The average Bonchev–Trinajstić information content (AvgIpc) is 3.12. The first-order valence-corrected chi connectivity index (χ1v) is 7.90. The maximum Gasteiger partial charge on any atom is 0.198 e.